The fourth-order valence-corrected chi connectivity index (χ4v) is 5.63. The molecule has 2 aliphatic heterocycles. The van der Waals surface area contributed by atoms with Gasteiger partial charge in [0, 0.05) is 12.1 Å². The zero-order chi connectivity index (χ0) is 19.6. The summed E-state index contributed by atoms with van der Waals surface area (Å²) in [6.07, 6.45) is 3.27. The first-order valence-electron chi connectivity index (χ1n) is 9.69. The zero-order valence-electron chi connectivity index (χ0n) is 16.0. The van der Waals surface area contributed by atoms with Gasteiger partial charge in [-0.3, -0.25) is 4.79 Å². The molecule has 1 amide bonds. The number of carbonyl (C=O) groups excluding carboxylic acids is 1. The van der Waals surface area contributed by atoms with E-state index in [1.807, 2.05) is 4.90 Å². The second-order valence-corrected chi connectivity index (χ2v) is 9.65. The maximum Gasteiger partial charge on any atom is 0.278 e. The van der Waals surface area contributed by atoms with Crippen LogP contribution in [-0.2, 0) is 14.8 Å². The minimum atomic E-state index is -3.61. The number of hydrogen-bond acceptors (Lipinski definition) is 3. The van der Waals surface area contributed by atoms with Crippen LogP contribution in [0.5, 0.6) is 0 Å². The number of rotatable bonds is 4. The number of quaternary nitrogens is 1. The predicted octanol–water partition coefficient (Wildman–Crippen LogP) is 0.504. The van der Waals surface area contributed by atoms with Gasteiger partial charge in [-0.2, -0.15) is 4.31 Å². The van der Waals surface area contributed by atoms with Gasteiger partial charge in [-0.1, -0.05) is 0 Å². The first-order valence-corrected chi connectivity index (χ1v) is 11.1. The lowest BCUT2D eigenvalue weighted by Crippen LogP contribution is -3.15. The van der Waals surface area contributed by atoms with E-state index >= 15 is 0 Å². The maximum atomic E-state index is 13.1. The average molecular weight is 399 g/mol. The normalized spacial score (nSPS) is 25.5. The largest absolute Gasteiger partial charge is 0.332 e. The molecule has 150 valence electrons. The summed E-state index contributed by atoms with van der Waals surface area (Å²) >= 11 is 0. The van der Waals surface area contributed by atoms with Crippen LogP contribution in [0.3, 0.4) is 0 Å². The van der Waals surface area contributed by atoms with Gasteiger partial charge >= 0.3 is 0 Å². The molecule has 0 radical (unpaired) electrons. The SMILES string of the molecule is C[C@H]1CCC[C@H](C)N1C(=O)C[NH+]1CCN(S(=O)(=O)c2ccc(F)cc2)CC1. The van der Waals surface area contributed by atoms with E-state index in [-0.39, 0.29) is 22.9 Å². The molecule has 27 heavy (non-hydrogen) atoms. The second kappa shape index (κ2) is 8.24. The summed E-state index contributed by atoms with van der Waals surface area (Å²) < 4.78 is 39.8. The second-order valence-electron chi connectivity index (χ2n) is 7.71. The van der Waals surface area contributed by atoms with Crippen LogP contribution < -0.4 is 4.90 Å². The molecule has 1 aromatic rings. The van der Waals surface area contributed by atoms with Gasteiger partial charge in [0.15, 0.2) is 6.54 Å². The van der Waals surface area contributed by atoms with Gasteiger partial charge in [-0.05, 0) is 57.4 Å². The Morgan fingerprint density at radius 2 is 1.67 bits per heavy atom. The van der Waals surface area contributed by atoms with E-state index in [4.69, 9.17) is 0 Å². The standard InChI is InChI=1S/C19H28FN3O3S/c1-15-4-3-5-16(2)23(15)19(24)14-21-10-12-22(13-11-21)27(25,26)18-8-6-17(20)7-9-18/h6-9,15-16H,3-5,10-14H2,1-2H3/p+1/t15-,16-/m0/s1. The highest BCUT2D eigenvalue weighted by Gasteiger charge is 2.34. The minimum Gasteiger partial charge on any atom is -0.332 e. The Morgan fingerprint density at radius 3 is 2.22 bits per heavy atom. The lowest BCUT2D eigenvalue weighted by molar-refractivity contribution is -0.896. The van der Waals surface area contributed by atoms with Crippen molar-refractivity contribution >= 4 is 15.9 Å². The first-order chi connectivity index (χ1) is 12.8. The quantitative estimate of drug-likeness (QED) is 0.804. The van der Waals surface area contributed by atoms with Gasteiger partial charge in [0.2, 0.25) is 10.0 Å². The fraction of sp³-hybridized carbons (Fsp3) is 0.632. The molecular formula is C19H29FN3O3S+. The highest BCUT2D eigenvalue weighted by molar-refractivity contribution is 7.89. The molecule has 6 nitrogen and oxygen atoms in total. The molecule has 0 saturated carbocycles. The van der Waals surface area contributed by atoms with Gasteiger partial charge < -0.3 is 9.80 Å². The number of hydrogen-bond donors (Lipinski definition) is 1. The summed E-state index contributed by atoms with van der Waals surface area (Å²) in [6, 6.07) is 5.47. The molecule has 2 aliphatic rings. The van der Waals surface area contributed by atoms with Crippen LogP contribution in [0, 0.1) is 5.82 Å². The van der Waals surface area contributed by atoms with Crippen LogP contribution in [-0.4, -0.2) is 68.3 Å². The number of carbonyl (C=O) groups is 1. The molecule has 0 bridgehead atoms. The number of nitrogens with zero attached hydrogens (tertiary/aromatic N) is 2. The molecule has 2 heterocycles. The lowest BCUT2D eigenvalue weighted by atomic mass is 9.97. The Labute approximate surface area is 161 Å². The third-order valence-electron chi connectivity index (χ3n) is 5.76. The van der Waals surface area contributed by atoms with Gasteiger partial charge in [0.05, 0.1) is 31.1 Å². The molecule has 1 aromatic carbocycles. The molecule has 0 aromatic heterocycles. The van der Waals surface area contributed by atoms with E-state index in [1.165, 1.54) is 22.9 Å². The summed E-state index contributed by atoms with van der Waals surface area (Å²) in [6.45, 7) is 6.57. The van der Waals surface area contributed by atoms with E-state index < -0.39 is 15.8 Å². The average Bonchev–Trinajstić information content (AvgIpc) is 2.62. The van der Waals surface area contributed by atoms with Crippen molar-refractivity contribution in [2.75, 3.05) is 32.7 Å². The number of nitrogens with one attached hydrogen (secondary N) is 1. The third-order valence-corrected chi connectivity index (χ3v) is 7.68. The number of likely N-dealkylation sites (tertiary alicyclic amines) is 1. The molecule has 0 aliphatic carbocycles. The van der Waals surface area contributed by atoms with Crippen molar-refractivity contribution < 1.29 is 22.5 Å². The summed E-state index contributed by atoms with van der Waals surface area (Å²) in [5.74, 6) is -0.289. The lowest BCUT2D eigenvalue weighted by Gasteiger charge is -2.40. The Bertz CT molecular complexity index is 751. The highest BCUT2D eigenvalue weighted by atomic mass is 32.2. The van der Waals surface area contributed by atoms with E-state index in [1.54, 1.807) is 0 Å². The number of halogens is 1. The minimum absolute atomic E-state index is 0.111. The Kier molecular flexibility index (Phi) is 6.18. The molecule has 1 N–H and O–H groups in total. The zero-order valence-corrected chi connectivity index (χ0v) is 16.8. The van der Waals surface area contributed by atoms with Crippen molar-refractivity contribution in [1.29, 1.82) is 0 Å². The Hall–Kier alpha value is -1.51. The van der Waals surface area contributed by atoms with Crippen LogP contribution in [0.4, 0.5) is 4.39 Å². The van der Waals surface area contributed by atoms with Crippen molar-refractivity contribution in [3.63, 3.8) is 0 Å². The van der Waals surface area contributed by atoms with Gasteiger partial charge in [0.1, 0.15) is 5.82 Å². The Balaban J connectivity index is 1.57. The Morgan fingerprint density at radius 1 is 1.11 bits per heavy atom. The number of piperidine rings is 1. The number of amides is 1. The molecule has 2 fully saturated rings. The molecule has 0 unspecified atom stereocenters. The number of piperazine rings is 1. The summed E-state index contributed by atoms with van der Waals surface area (Å²) in [4.78, 5) is 16.0. The molecule has 3 rings (SSSR count). The number of benzene rings is 1. The van der Waals surface area contributed by atoms with E-state index in [0.717, 1.165) is 29.9 Å². The summed E-state index contributed by atoms with van der Waals surface area (Å²) in [5, 5.41) is 0. The van der Waals surface area contributed by atoms with Crippen molar-refractivity contribution in [1.82, 2.24) is 9.21 Å². The molecule has 2 atom stereocenters. The van der Waals surface area contributed by atoms with Gasteiger partial charge in [0.25, 0.3) is 5.91 Å². The van der Waals surface area contributed by atoms with Crippen LogP contribution in [0.1, 0.15) is 33.1 Å². The monoisotopic (exact) mass is 398 g/mol. The highest BCUT2D eigenvalue weighted by Crippen LogP contribution is 2.22. The van der Waals surface area contributed by atoms with Crippen molar-refractivity contribution in [3.05, 3.63) is 30.1 Å². The third kappa shape index (κ3) is 4.50. The van der Waals surface area contributed by atoms with Crippen molar-refractivity contribution in [3.8, 4) is 0 Å². The summed E-state index contributed by atoms with van der Waals surface area (Å²) in [7, 11) is -3.61. The topological polar surface area (TPSA) is 62.1 Å². The van der Waals surface area contributed by atoms with Gasteiger partial charge in [-0.15, -0.1) is 0 Å². The van der Waals surface area contributed by atoms with Crippen LogP contribution in [0.15, 0.2) is 29.2 Å². The number of sulfonamides is 1. The molecule has 2 saturated heterocycles. The predicted molar refractivity (Wildman–Crippen MR) is 100 cm³/mol. The molecule has 8 heteroatoms. The van der Waals surface area contributed by atoms with Crippen molar-refractivity contribution in [2.45, 2.75) is 50.1 Å². The van der Waals surface area contributed by atoms with Crippen LogP contribution in [0.25, 0.3) is 0 Å². The van der Waals surface area contributed by atoms with E-state index in [9.17, 15) is 17.6 Å². The van der Waals surface area contributed by atoms with Crippen molar-refractivity contribution in [2.24, 2.45) is 0 Å². The van der Waals surface area contributed by atoms with Crippen LogP contribution in [0.2, 0.25) is 0 Å². The van der Waals surface area contributed by atoms with E-state index in [0.29, 0.717) is 32.7 Å². The van der Waals surface area contributed by atoms with Crippen LogP contribution >= 0.6 is 0 Å². The summed E-state index contributed by atoms with van der Waals surface area (Å²) in [5.41, 5.74) is 0. The first kappa shape index (κ1) is 20.2. The smallest absolute Gasteiger partial charge is 0.278 e. The van der Waals surface area contributed by atoms with E-state index in [2.05, 4.69) is 13.8 Å². The fourth-order valence-electron chi connectivity index (χ4n) is 4.19. The molecular weight excluding hydrogens is 369 g/mol. The maximum absolute atomic E-state index is 13.1. The van der Waals surface area contributed by atoms with Gasteiger partial charge in [-0.25, -0.2) is 12.8 Å². The molecule has 0 spiro atoms.